The summed E-state index contributed by atoms with van der Waals surface area (Å²) in [5, 5.41) is 0. The number of hydrogen-bond acceptors (Lipinski definition) is 4. The molecule has 4 nitrogen and oxygen atoms in total. The summed E-state index contributed by atoms with van der Waals surface area (Å²) in [5.41, 5.74) is 0.287. The Morgan fingerprint density at radius 3 is 2.24 bits per heavy atom. The van der Waals surface area contributed by atoms with E-state index in [-0.39, 0.29) is 45.1 Å². The third-order valence-corrected chi connectivity index (χ3v) is 14.2. The number of esters is 1. The topological polar surface area (TPSA) is 55.9 Å². The number of epoxide rings is 1. The Morgan fingerprint density at radius 1 is 0.794 bits per heavy atom. The van der Waals surface area contributed by atoms with Crippen molar-refractivity contribution in [3.8, 4) is 0 Å². The summed E-state index contributed by atoms with van der Waals surface area (Å²) >= 11 is 0. The monoisotopic (exact) mass is 468 g/mol. The van der Waals surface area contributed by atoms with Gasteiger partial charge in [0.2, 0.25) is 0 Å². The molecule has 7 aliphatic rings. The summed E-state index contributed by atoms with van der Waals surface area (Å²) < 4.78 is 11.9. The molecule has 2 saturated heterocycles. The maximum Gasteiger partial charge on any atom is 0.341 e. The van der Waals surface area contributed by atoms with Crippen LogP contribution in [0.3, 0.4) is 0 Å². The third kappa shape index (κ3) is 2.24. The van der Waals surface area contributed by atoms with Gasteiger partial charge in [-0.25, -0.2) is 4.79 Å². The standard InChI is InChI=1S/C30H44O4/c1-25(2)19-9-12-29(6)20(27(19,4)11-10-21(25)31)8-7-17-22-23-18(34-24(32)30(23)16-33-30)15-26(22,3)13-14-28(17,29)5/h17-20,22-23H,7-16H2,1-6H3/t17-,18?,19+,20-,22+,23-,26+,27+,28-,29-,30?/m1/s1. The predicted molar refractivity (Wildman–Crippen MR) is 129 cm³/mol. The van der Waals surface area contributed by atoms with E-state index in [0.717, 1.165) is 19.3 Å². The van der Waals surface area contributed by atoms with Gasteiger partial charge in [-0.15, -0.1) is 0 Å². The molecule has 0 aromatic carbocycles. The van der Waals surface area contributed by atoms with Gasteiger partial charge in [0.25, 0.3) is 0 Å². The zero-order chi connectivity index (χ0) is 24.1. The van der Waals surface area contributed by atoms with Crippen molar-refractivity contribution < 1.29 is 19.1 Å². The minimum absolute atomic E-state index is 0.0660. The van der Waals surface area contributed by atoms with Crippen LogP contribution in [0.5, 0.6) is 0 Å². The molecule has 5 aliphatic carbocycles. The highest BCUT2D eigenvalue weighted by Crippen LogP contribution is 2.78. The van der Waals surface area contributed by atoms with Crippen molar-refractivity contribution in [2.75, 3.05) is 6.61 Å². The quantitative estimate of drug-likeness (QED) is 0.325. The molecule has 0 bridgehead atoms. The van der Waals surface area contributed by atoms with Gasteiger partial charge in [-0.3, -0.25) is 4.79 Å². The van der Waals surface area contributed by atoms with Crippen LogP contribution in [-0.4, -0.2) is 30.1 Å². The lowest BCUT2D eigenvalue weighted by molar-refractivity contribution is -0.234. The fourth-order valence-corrected chi connectivity index (χ4v) is 12.2. The van der Waals surface area contributed by atoms with Gasteiger partial charge in [-0.05, 0) is 96.7 Å². The first kappa shape index (κ1) is 22.3. The van der Waals surface area contributed by atoms with Crippen molar-refractivity contribution in [2.24, 2.45) is 56.7 Å². The molecule has 0 aromatic heterocycles. The summed E-state index contributed by atoms with van der Waals surface area (Å²) in [6, 6.07) is 0. The smallest absolute Gasteiger partial charge is 0.341 e. The molecule has 7 rings (SSSR count). The summed E-state index contributed by atoms with van der Waals surface area (Å²) in [4.78, 5) is 25.7. The Labute approximate surface area is 205 Å². The molecule has 34 heavy (non-hydrogen) atoms. The maximum absolute atomic E-state index is 13.0. The Hall–Kier alpha value is -0.900. The molecule has 188 valence electrons. The summed E-state index contributed by atoms with van der Waals surface area (Å²) in [5.74, 6) is 3.03. The minimum atomic E-state index is -0.611. The summed E-state index contributed by atoms with van der Waals surface area (Å²) in [6.07, 6.45) is 10.5. The van der Waals surface area contributed by atoms with Crippen LogP contribution < -0.4 is 0 Å². The number of ether oxygens (including phenoxy) is 2. The van der Waals surface area contributed by atoms with Crippen molar-refractivity contribution in [2.45, 2.75) is 111 Å². The second kappa shape index (κ2) is 6.14. The molecular formula is C30H44O4. The number of hydrogen-bond donors (Lipinski definition) is 0. The van der Waals surface area contributed by atoms with Gasteiger partial charge in [0, 0.05) is 17.8 Å². The molecule has 11 atom stereocenters. The number of fused-ring (bicyclic) bond motifs is 10. The number of rotatable bonds is 0. The Balaban J connectivity index is 1.29. The highest BCUT2D eigenvalue weighted by Gasteiger charge is 2.78. The first-order valence-corrected chi connectivity index (χ1v) is 14.2. The van der Waals surface area contributed by atoms with E-state index in [9.17, 15) is 9.59 Å². The Bertz CT molecular complexity index is 980. The predicted octanol–water partition coefficient (Wildman–Crippen LogP) is 5.96. The van der Waals surface area contributed by atoms with E-state index >= 15 is 0 Å². The highest BCUT2D eigenvalue weighted by molar-refractivity contribution is 5.86. The SMILES string of the molecule is CC1(C)C(=O)CC[C@]2(C)[C@H]3CC[C@@H]4[C@H]5[C@H]6C(C[C@]5(C)CC[C@@]4(C)[C@]3(C)CC[C@@H]12)OC(=O)C61CO1. The van der Waals surface area contributed by atoms with Gasteiger partial charge in [0.05, 0.1) is 6.61 Å². The zero-order valence-electron chi connectivity index (χ0n) is 22.2. The first-order chi connectivity index (χ1) is 15.8. The van der Waals surface area contributed by atoms with E-state index in [4.69, 9.17) is 9.47 Å². The molecule has 2 heterocycles. The van der Waals surface area contributed by atoms with Crippen molar-refractivity contribution in [1.82, 2.24) is 0 Å². The van der Waals surface area contributed by atoms with Crippen molar-refractivity contribution in [1.29, 1.82) is 0 Å². The number of Topliss-reactive ketones (excluding diaryl/α,β-unsaturated/α-hetero) is 1. The van der Waals surface area contributed by atoms with Crippen LogP contribution in [0.15, 0.2) is 0 Å². The molecule has 4 heteroatoms. The van der Waals surface area contributed by atoms with Crippen molar-refractivity contribution in [3.05, 3.63) is 0 Å². The summed E-state index contributed by atoms with van der Waals surface area (Å²) in [6.45, 7) is 15.4. The number of carbonyl (C=O) groups is 2. The second-order valence-corrected chi connectivity index (χ2v) is 15.3. The fraction of sp³-hybridized carbons (Fsp3) is 0.933. The van der Waals surface area contributed by atoms with Gasteiger partial charge in [-0.2, -0.15) is 0 Å². The van der Waals surface area contributed by atoms with Crippen LogP contribution in [0.1, 0.15) is 99.3 Å². The third-order valence-electron chi connectivity index (χ3n) is 14.2. The average molecular weight is 469 g/mol. The Morgan fingerprint density at radius 2 is 1.53 bits per heavy atom. The van der Waals surface area contributed by atoms with E-state index in [1.165, 1.54) is 38.5 Å². The molecular weight excluding hydrogens is 424 g/mol. The van der Waals surface area contributed by atoms with E-state index in [1.807, 2.05) is 0 Å². The van der Waals surface area contributed by atoms with E-state index in [0.29, 0.717) is 36.1 Å². The van der Waals surface area contributed by atoms with E-state index in [1.54, 1.807) is 0 Å². The van der Waals surface area contributed by atoms with Gasteiger partial charge in [0.15, 0.2) is 5.60 Å². The first-order valence-electron chi connectivity index (χ1n) is 14.2. The zero-order valence-corrected chi connectivity index (χ0v) is 22.2. The molecule has 1 spiro atoms. The van der Waals surface area contributed by atoms with Crippen LogP contribution >= 0.6 is 0 Å². The molecule has 5 saturated carbocycles. The summed E-state index contributed by atoms with van der Waals surface area (Å²) in [7, 11) is 0. The number of carbonyl (C=O) groups excluding carboxylic acids is 2. The number of ketones is 1. The molecule has 2 unspecified atom stereocenters. The van der Waals surface area contributed by atoms with Gasteiger partial charge >= 0.3 is 5.97 Å². The van der Waals surface area contributed by atoms with Crippen LogP contribution in [0.25, 0.3) is 0 Å². The lowest BCUT2D eigenvalue weighted by Gasteiger charge is -2.72. The van der Waals surface area contributed by atoms with Gasteiger partial charge in [0.1, 0.15) is 11.9 Å². The Kier molecular flexibility index (Phi) is 4.03. The largest absolute Gasteiger partial charge is 0.460 e. The average Bonchev–Trinajstić information content (AvgIpc) is 3.45. The van der Waals surface area contributed by atoms with Crippen LogP contribution in [0.4, 0.5) is 0 Å². The van der Waals surface area contributed by atoms with E-state index < -0.39 is 5.60 Å². The minimum Gasteiger partial charge on any atom is -0.460 e. The second-order valence-electron chi connectivity index (χ2n) is 15.3. The van der Waals surface area contributed by atoms with Crippen LogP contribution in [0, 0.1) is 56.7 Å². The van der Waals surface area contributed by atoms with Crippen LogP contribution in [0.2, 0.25) is 0 Å². The van der Waals surface area contributed by atoms with E-state index in [2.05, 4.69) is 41.5 Å². The van der Waals surface area contributed by atoms with Crippen molar-refractivity contribution >= 4 is 11.8 Å². The molecule has 0 aromatic rings. The van der Waals surface area contributed by atoms with Crippen LogP contribution in [-0.2, 0) is 19.1 Å². The lowest BCUT2D eigenvalue weighted by atomic mass is 9.32. The molecule has 7 fully saturated rings. The van der Waals surface area contributed by atoms with Gasteiger partial charge < -0.3 is 9.47 Å². The van der Waals surface area contributed by atoms with Gasteiger partial charge in [-0.1, -0.05) is 41.5 Å². The van der Waals surface area contributed by atoms with Crippen molar-refractivity contribution in [3.63, 3.8) is 0 Å². The fourth-order valence-electron chi connectivity index (χ4n) is 12.2. The highest BCUT2D eigenvalue weighted by atomic mass is 16.7. The molecule has 2 aliphatic heterocycles. The molecule has 0 radical (unpaired) electrons. The normalized spacial score (nSPS) is 61.1. The lowest BCUT2D eigenvalue weighted by Crippen LogP contribution is -2.66. The molecule has 0 N–H and O–H groups in total. The maximum atomic E-state index is 13.0. The molecule has 0 amide bonds.